The number of rotatable bonds is 5. The zero-order valence-corrected chi connectivity index (χ0v) is 15.9. The first-order valence-corrected chi connectivity index (χ1v) is 9.77. The minimum Gasteiger partial charge on any atom is -0.350 e. The molecule has 4 aromatic rings. The fraction of sp³-hybridized carbons (Fsp3) is 0.350. The number of hydrogen-bond donors (Lipinski definition) is 1. The van der Waals surface area contributed by atoms with Gasteiger partial charge in [-0.1, -0.05) is 0 Å². The maximum atomic E-state index is 12.3. The van der Waals surface area contributed by atoms with Crippen LogP contribution in [-0.4, -0.2) is 48.3 Å². The van der Waals surface area contributed by atoms with E-state index in [9.17, 15) is 8.78 Å². The van der Waals surface area contributed by atoms with Crippen LogP contribution in [0.1, 0.15) is 25.7 Å². The summed E-state index contributed by atoms with van der Waals surface area (Å²) in [5, 5.41) is 7.84. The zero-order chi connectivity index (χ0) is 20.5. The van der Waals surface area contributed by atoms with Crippen LogP contribution in [0.25, 0.3) is 27.8 Å². The van der Waals surface area contributed by atoms with Crippen molar-refractivity contribution in [1.82, 2.24) is 29.5 Å². The number of ether oxygens (including phenoxy) is 1. The van der Waals surface area contributed by atoms with Crippen LogP contribution < -0.4 is 5.32 Å². The van der Waals surface area contributed by atoms with Gasteiger partial charge in [-0.15, -0.1) is 5.10 Å². The molecule has 154 valence electrons. The fourth-order valence-corrected chi connectivity index (χ4v) is 3.89. The zero-order valence-electron chi connectivity index (χ0n) is 15.9. The van der Waals surface area contributed by atoms with Crippen molar-refractivity contribution in [3.05, 3.63) is 43.1 Å². The third-order valence-corrected chi connectivity index (χ3v) is 5.35. The molecule has 30 heavy (non-hydrogen) atoms. The van der Waals surface area contributed by atoms with Crippen LogP contribution in [0, 0.1) is 0 Å². The summed E-state index contributed by atoms with van der Waals surface area (Å²) in [6.07, 6.45) is 10.9. The van der Waals surface area contributed by atoms with E-state index in [0.717, 1.165) is 35.0 Å². The highest BCUT2D eigenvalue weighted by molar-refractivity contribution is 5.84. The van der Waals surface area contributed by atoms with Crippen LogP contribution in [0.4, 0.5) is 14.7 Å². The third-order valence-electron chi connectivity index (χ3n) is 5.35. The summed E-state index contributed by atoms with van der Waals surface area (Å²) in [4.78, 5) is 17.3. The molecule has 10 heteroatoms. The van der Waals surface area contributed by atoms with E-state index in [0.29, 0.717) is 24.4 Å². The van der Waals surface area contributed by atoms with Crippen LogP contribution >= 0.6 is 0 Å². The van der Waals surface area contributed by atoms with E-state index in [-0.39, 0.29) is 12.1 Å². The summed E-state index contributed by atoms with van der Waals surface area (Å²) in [7, 11) is 0. The van der Waals surface area contributed by atoms with E-state index >= 15 is 0 Å². The van der Waals surface area contributed by atoms with Gasteiger partial charge in [-0.3, -0.25) is 4.98 Å². The topological polar surface area (TPSA) is 90.1 Å². The number of nitrogens with zero attached hydrogens (tertiary/aromatic N) is 6. The van der Waals surface area contributed by atoms with Gasteiger partial charge in [-0.05, 0) is 37.8 Å². The van der Waals surface area contributed by atoms with Crippen molar-refractivity contribution in [2.75, 3.05) is 5.32 Å². The number of anilines is 1. The molecular formula is C20H19F2N7O. The molecular weight excluding hydrogens is 392 g/mol. The van der Waals surface area contributed by atoms with Crippen molar-refractivity contribution in [2.24, 2.45) is 0 Å². The molecule has 1 aliphatic carbocycles. The first-order chi connectivity index (χ1) is 14.7. The molecule has 0 bridgehead atoms. The summed E-state index contributed by atoms with van der Waals surface area (Å²) in [5.41, 5.74) is 4.03. The second-order valence-corrected chi connectivity index (χ2v) is 7.28. The average Bonchev–Trinajstić information content (AvgIpc) is 3.18. The van der Waals surface area contributed by atoms with Crippen LogP contribution in [0.3, 0.4) is 0 Å². The van der Waals surface area contributed by atoms with Crippen molar-refractivity contribution in [1.29, 1.82) is 0 Å². The number of hydrogen-bond acceptors (Lipinski definition) is 7. The predicted molar refractivity (Wildman–Crippen MR) is 106 cm³/mol. The second-order valence-electron chi connectivity index (χ2n) is 7.28. The van der Waals surface area contributed by atoms with E-state index in [1.54, 1.807) is 29.3 Å². The Bertz CT molecular complexity index is 1170. The van der Waals surface area contributed by atoms with Crippen molar-refractivity contribution in [2.45, 2.75) is 44.4 Å². The average molecular weight is 411 g/mol. The van der Waals surface area contributed by atoms with Gasteiger partial charge in [0.2, 0.25) is 5.95 Å². The molecule has 0 atom stereocenters. The first-order valence-electron chi connectivity index (χ1n) is 9.77. The van der Waals surface area contributed by atoms with Gasteiger partial charge >= 0.3 is 6.61 Å². The Labute approximate surface area is 170 Å². The van der Waals surface area contributed by atoms with Gasteiger partial charge < -0.3 is 10.1 Å². The number of pyridine rings is 1. The van der Waals surface area contributed by atoms with Crippen molar-refractivity contribution in [3.8, 4) is 11.1 Å². The van der Waals surface area contributed by atoms with E-state index < -0.39 is 6.61 Å². The van der Waals surface area contributed by atoms with Crippen molar-refractivity contribution < 1.29 is 13.5 Å². The smallest absolute Gasteiger partial charge is 0.345 e. The lowest BCUT2D eigenvalue weighted by Gasteiger charge is -2.28. The maximum Gasteiger partial charge on any atom is 0.345 e. The lowest BCUT2D eigenvalue weighted by Crippen LogP contribution is -2.31. The molecule has 1 saturated carbocycles. The van der Waals surface area contributed by atoms with Crippen molar-refractivity contribution in [3.63, 3.8) is 0 Å². The summed E-state index contributed by atoms with van der Waals surface area (Å²) in [6.45, 7) is -2.71. The standard InChI is InChI=1S/C20H19F2N7O/c21-19(22)30-14-3-1-13(2-4-14)27-20-26-11-17-15(5-8-29(17)28-20)12-9-16-18(25-10-12)24-7-6-23-16/h5-11,13-14,19H,1-4H2,(H,27,28)/t13-,14-. The van der Waals surface area contributed by atoms with Gasteiger partial charge in [0, 0.05) is 42.0 Å². The predicted octanol–water partition coefficient (Wildman–Crippen LogP) is 3.70. The first kappa shape index (κ1) is 18.7. The molecule has 0 saturated heterocycles. The van der Waals surface area contributed by atoms with Crippen LogP contribution in [0.2, 0.25) is 0 Å². The molecule has 0 aliphatic heterocycles. The molecule has 0 amide bonds. The Balaban J connectivity index is 1.33. The SMILES string of the molecule is FC(F)O[C@H]1CC[C@H](Nc2ncc3c(-c4cnc5nccnc5c4)ccn3n2)CC1. The van der Waals surface area contributed by atoms with Gasteiger partial charge in [0.05, 0.1) is 17.8 Å². The number of halogens is 2. The van der Waals surface area contributed by atoms with Crippen LogP contribution in [-0.2, 0) is 4.74 Å². The van der Waals surface area contributed by atoms with E-state index in [1.165, 1.54) is 0 Å². The highest BCUT2D eigenvalue weighted by Gasteiger charge is 2.24. The Hall–Kier alpha value is -3.27. The molecule has 0 aromatic carbocycles. The Kier molecular flexibility index (Phi) is 4.91. The van der Waals surface area contributed by atoms with Gasteiger partial charge in [0.15, 0.2) is 5.65 Å². The normalized spacial score (nSPS) is 19.6. The quantitative estimate of drug-likeness (QED) is 0.536. The summed E-state index contributed by atoms with van der Waals surface area (Å²) in [6, 6.07) is 4.04. The minimum atomic E-state index is -2.71. The summed E-state index contributed by atoms with van der Waals surface area (Å²) < 4.78 is 31.1. The molecule has 0 unspecified atom stereocenters. The molecule has 4 aromatic heterocycles. The largest absolute Gasteiger partial charge is 0.350 e. The van der Waals surface area contributed by atoms with Gasteiger partial charge in [-0.2, -0.15) is 8.78 Å². The minimum absolute atomic E-state index is 0.137. The monoisotopic (exact) mass is 411 g/mol. The van der Waals surface area contributed by atoms with E-state index in [1.807, 2.05) is 18.3 Å². The molecule has 1 fully saturated rings. The molecule has 5 rings (SSSR count). The number of alkyl halides is 2. The van der Waals surface area contributed by atoms with E-state index in [4.69, 9.17) is 0 Å². The summed E-state index contributed by atoms with van der Waals surface area (Å²) in [5.74, 6) is 0.505. The highest BCUT2D eigenvalue weighted by atomic mass is 19.3. The van der Waals surface area contributed by atoms with Gasteiger partial charge in [0.1, 0.15) is 5.52 Å². The second kappa shape index (κ2) is 7.86. The summed E-state index contributed by atoms with van der Waals surface area (Å²) >= 11 is 0. The van der Waals surface area contributed by atoms with Crippen LogP contribution in [0.5, 0.6) is 0 Å². The van der Waals surface area contributed by atoms with E-state index in [2.05, 4.69) is 35.1 Å². The fourth-order valence-electron chi connectivity index (χ4n) is 3.89. The number of aromatic nitrogens is 6. The lowest BCUT2D eigenvalue weighted by atomic mass is 9.93. The van der Waals surface area contributed by atoms with Gasteiger partial charge in [0.25, 0.3) is 0 Å². The number of fused-ring (bicyclic) bond motifs is 2. The number of nitrogens with one attached hydrogen (secondary N) is 1. The molecule has 0 spiro atoms. The Morgan fingerprint density at radius 2 is 1.87 bits per heavy atom. The lowest BCUT2D eigenvalue weighted by molar-refractivity contribution is -0.169. The van der Waals surface area contributed by atoms with Crippen molar-refractivity contribution >= 4 is 22.6 Å². The molecule has 0 radical (unpaired) electrons. The Morgan fingerprint density at radius 3 is 2.70 bits per heavy atom. The molecule has 8 nitrogen and oxygen atoms in total. The van der Waals surface area contributed by atoms with Gasteiger partial charge in [-0.25, -0.2) is 19.5 Å². The maximum absolute atomic E-state index is 12.3. The molecule has 4 heterocycles. The molecule has 1 aliphatic rings. The van der Waals surface area contributed by atoms with Crippen LogP contribution in [0.15, 0.2) is 43.1 Å². The Morgan fingerprint density at radius 1 is 1.03 bits per heavy atom. The highest BCUT2D eigenvalue weighted by Crippen LogP contribution is 2.27. The molecule has 1 N–H and O–H groups in total. The third kappa shape index (κ3) is 3.78.